The molecule has 0 radical (unpaired) electrons. The zero-order chi connectivity index (χ0) is 20.4. The zero-order valence-corrected chi connectivity index (χ0v) is 16.5. The Morgan fingerprint density at radius 3 is 2.55 bits per heavy atom. The van der Waals surface area contributed by atoms with Crippen molar-refractivity contribution in [3.05, 3.63) is 65.9 Å². The summed E-state index contributed by atoms with van der Waals surface area (Å²) in [6.45, 7) is 5.74. The number of aromatic nitrogens is 3. The van der Waals surface area contributed by atoms with Gasteiger partial charge in [-0.3, -0.25) is 4.79 Å². The number of carbonyl (C=O) groups excluding carboxylic acids is 1. The van der Waals surface area contributed by atoms with Gasteiger partial charge in [-0.15, -0.1) is 0 Å². The molecule has 150 valence electrons. The molecule has 1 N–H and O–H groups in total. The Labute approximate surface area is 168 Å². The molecular formula is C21H23FN6O. The van der Waals surface area contributed by atoms with Gasteiger partial charge in [0.1, 0.15) is 17.3 Å². The third kappa shape index (κ3) is 4.12. The van der Waals surface area contributed by atoms with Crippen LogP contribution in [-0.2, 0) is 0 Å². The van der Waals surface area contributed by atoms with Crippen molar-refractivity contribution < 1.29 is 9.18 Å². The van der Waals surface area contributed by atoms with Crippen LogP contribution in [0.4, 0.5) is 15.9 Å². The summed E-state index contributed by atoms with van der Waals surface area (Å²) in [6, 6.07) is 11.6. The van der Waals surface area contributed by atoms with Crippen molar-refractivity contribution in [2.75, 3.05) is 43.4 Å². The molecule has 1 fully saturated rings. The highest BCUT2D eigenvalue weighted by atomic mass is 19.1. The molecule has 2 aromatic heterocycles. The van der Waals surface area contributed by atoms with Gasteiger partial charge in [-0.25, -0.2) is 14.1 Å². The fraction of sp³-hybridized carbons (Fsp3) is 0.286. The molecule has 0 aliphatic carbocycles. The van der Waals surface area contributed by atoms with E-state index in [1.165, 1.54) is 10.7 Å². The fourth-order valence-corrected chi connectivity index (χ4v) is 3.29. The standard InChI is InChI=1S/C21H23FN6O/c1-15-17(7-8-20(23-15)27-13-11-26(2)12-14-27)24-21(29)18-9-10-28(25-18)19-6-4-3-5-16(19)22/h3-10H,11-14H2,1-2H3,(H,24,29). The first-order chi connectivity index (χ1) is 14.0. The maximum absolute atomic E-state index is 13.9. The van der Waals surface area contributed by atoms with Gasteiger partial charge in [-0.2, -0.15) is 5.10 Å². The van der Waals surface area contributed by atoms with Crippen molar-refractivity contribution in [1.29, 1.82) is 0 Å². The largest absolute Gasteiger partial charge is 0.354 e. The molecule has 1 aliphatic heterocycles. The quantitative estimate of drug-likeness (QED) is 0.737. The topological polar surface area (TPSA) is 66.3 Å². The van der Waals surface area contributed by atoms with Crippen LogP contribution in [0.3, 0.4) is 0 Å². The van der Waals surface area contributed by atoms with Gasteiger partial charge in [0.15, 0.2) is 5.69 Å². The summed E-state index contributed by atoms with van der Waals surface area (Å²) in [5.74, 6) is 0.150. The second-order valence-corrected chi connectivity index (χ2v) is 7.14. The average Bonchev–Trinajstić information content (AvgIpc) is 3.20. The van der Waals surface area contributed by atoms with Crippen molar-refractivity contribution in [3.63, 3.8) is 0 Å². The van der Waals surface area contributed by atoms with Crippen LogP contribution in [0.1, 0.15) is 16.2 Å². The van der Waals surface area contributed by atoms with Gasteiger partial charge in [-0.05, 0) is 44.3 Å². The Morgan fingerprint density at radius 2 is 1.83 bits per heavy atom. The van der Waals surface area contributed by atoms with Crippen molar-refractivity contribution in [3.8, 4) is 5.69 Å². The summed E-state index contributed by atoms with van der Waals surface area (Å²) >= 11 is 0. The summed E-state index contributed by atoms with van der Waals surface area (Å²) < 4.78 is 15.3. The summed E-state index contributed by atoms with van der Waals surface area (Å²) in [5, 5.41) is 7.04. The molecule has 7 nitrogen and oxygen atoms in total. The molecule has 0 saturated carbocycles. The number of hydrogen-bond acceptors (Lipinski definition) is 5. The maximum atomic E-state index is 13.9. The number of nitrogens with zero attached hydrogens (tertiary/aromatic N) is 5. The highest BCUT2D eigenvalue weighted by molar-refractivity contribution is 6.03. The van der Waals surface area contributed by atoms with E-state index in [4.69, 9.17) is 0 Å². The Balaban J connectivity index is 1.47. The van der Waals surface area contributed by atoms with E-state index in [-0.39, 0.29) is 11.6 Å². The fourth-order valence-electron chi connectivity index (χ4n) is 3.29. The van der Waals surface area contributed by atoms with Crippen LogP contribution < -0.4 is 10.2 Å². The molecule has 1 aliphatic rings. The molecule has 1 saturated heterocycles. The highest BCUT2D eigenvalue weighted by Gasteiger charge is 2.17. The Hall–Kier alpha value is -3.26. The zero-order valence-electron chi connectivity index (χ0n) is 16.5. The lowest BCUT2D eigenvalue weighted by molar-refractivity contribution is 0.102. The summed E-state index contributed by atoms with van der Waals surface area (Å²) in [6.07, 6.45) is 1.56. The lowest BCUT2D eigenvalue weighted by atomic mass is 10.2. The van der Waals surface area contributed by atoms with E-state index in [9.17, 15) is 9.18 Å². The van der Waals surface area contributed by atoms with E-state index in [1.54, 1.807) is 30.5 Å². The summed E-state index contributed by atoms with van der Waals surface area (Å²) in [5.41, 5.74) is 1.87. The van der Waals surface area contributed by atoms with Crippen LogP contribution in [0.25, 0.3) is 5.69 Å². The minimum atomic E-state index is -0.401. The van der Waals surface area contributed by atoms with Gasteiger partial charge >= 0.3 is 0 Å². The van der Waals surface area contributed by atoms with Gasteiger partial charge in [0.05, 0.1) is 11.4 Å². The number of piperazine rings is 1. The second kappa shape index (κ2) is 8.00. The van der Waals surface area contributed by atoms with Crippen molar-refractivity contribution in [2.24, 2.45) is 0 Å². The number of nitrogens with one attached hydrogen (secondary N) is 1. The maximum Gasteiger partial charge on any atom is 0.276 e. The van der Waals surface area contributed by atoms with Crippen molar-refractivity contribution >= 4 is 17.4 Å². The molecule has 29 heavy (non-hydrogen) atoms. The average molecular weight is 394 g/mol. The lowest BCUT2D eigenvalue weighted by Gasteiger charge is -2.33. The van der Waals surface area contributed by atoms with Crippen LogP contribution in [0.15, 0.2) is 48.7 Å². The third-order valence-corrected chi connectivity index (χ3v) is 5.07. The smallest absolute Gasteiger partial charge is 0.276 e. The van der Waals surface area contributed by atoms with Crippen molar-refractivity contribution in [1.82, 2.24) is 19.7 Å². The molecule has 0 unspecified atom stereocenters. The molecule has 4 rings (SSSR count). The predicted octanol–water partition coefficient (Wildman–Crippen LogP) is 2.72. The van der Waals surface area contributed by atoms with E-state index in [0.29, 0.717) is 11.4 Å². The molecule has 1 amide bonds. The molecule has 1 aromatic carbocycles. The minimum absolute atomic E-state index is 0.204. The first kappa shape index (κ1) is 19.1. The van der Waals surface area contributed by atoms with Crippen LogP contribution in [0.2, 0.25) is 0 Å². The Morgan fingerprint density at radius 1 is 1.07 bits per heavy atom. The third-order valence-electron chi connectivity index (χ3n) is 5.07. The first-order valence-corrected chi connectivity index (χ1v) is 9.54. The van der Waals surface area contributed by atoms with Crippen LogP contribution in [-0.4, -0.2) is 58.8 Å². The number of carbonyl (C=O) groups is 1. The van der Waals surface area contributed by atoms with Gasteiger partial charge < -0.3 is 15.1 Å². The number of para-hydroxylation sites is 1. The van der Waals surface area contributed by atoms with Gasteiger partial charge in [-0.1, -0.05) is 12.1 Å². The van der Waals surface area contributed by atoms with Crippen LogP contribution >= 0.6 is 0 Å². The molecule has 0 atom stereocenters. The first-order valence-electron chi connectivity index (χ1n) is 9.54. The molecule has 3 heterocycles. The molecule has 0 bridgehead atoms. The van der Waals surface area contributed by atoms with Gasteiger partial charge in [0, 0.05) is 32.4 Å². The Bertz CT molecular complexity index is 1030. The van der Waals surface area contributed by atoms with Crippen molar-refractivity contribution in [2.45, 2.75) is 6.92 Å². The highest BCUT2D eigenvalue weighted by Crippen LogP contribution is 2.20. The molecule has 0 spiro atoms. The van der Waals surface area contributed by atoms with E-state index < -0.39 is 5.82 Å². The molecule has 3 aromatic rings. The number of halogens is 1. The normalized spacial score (nSPS) is 14.8. The molecular weight excluding hydrogens is 371 g/mol. The number of likely N-dealkylation sites (N-methyl/N-ethyl adjacent to an activating group) is 1. The predicted molar refractivity (Wildman–Crippen MR) is 110 cm³/mol. The second-order valence-electron chi connectivity index (χ2n) is 7.14. The lowest BCUT2D eigenvalue weighted by Crippen LogP contribution is -2.44. The SMILES string of the molecule is Cc1nc(N2CCN(C)CC2)ccc1NC(=O)c1ccn(-c2ccccc2F)n1. The number of anilines is 2. The number of pyridine rings is 1. The van der Waals surface area contributed by atoms with E-state index in [0.717, 1.165) is 37.7 Å². The molecule has 8 heteroatoms. The van der Waals surface area contributed by atoms with Crippen LogP contribution in [0.5, 0.6) is 0 Å². The van der Waals surface area contributed by atoms with Gasteiger partial charge in [0.2, 0.25) is 0 Å². The number of rotatable bonds is 4. The summed E-state index contributed by atoms with van der Waals surface area (Å²) in [7, 11) is 2.11. The minimum Gasteiger partial charge on any atom is -0.354 e. The van der Waals surface area contributed by atoms with Crippen LogP contribution in [0, 0.1) is 12.7 Å². The van der Waals surface area contributed by atoms with E-state index >= 15 is 0 Å². The monoisotopic (exact) mass is 394 g/mol. The summed E-state index contributed by atoms with van der Waals surface area (Å²) in [4.78, 5) is 21.8. The Kier molecular flexibility index (Phi) is 5.26. The van der Waals surface area contributed by atoms with E-state index in [1.807, 2.05) is 19.1 Å². The number of hydrogen-bond donors (Lipinski definition) is 1. The number of benzene rings is 1. The van der Waals surface area contributed by atoms with E-state index in [2.05, 4.69) is 32.2 Å². The number of aryl methyl sites for hydroxylation is 1. The van der Waals surface area contributed by atoms with Gasteiger partial charge in [0.25, 0.3) is 5.91 Å². The number of amides is 1.